The Labute approximate surface area is 150 Å². The Morgan fingerprint density at radius 1 is 1.15 bits per heavy atom. The number of benzene rings is 2. The molecule has 6 nitrogen and oxygen atoms in total. The molecule has 130 valence electrons. The van der Waals surface area contributed by atoms with E-state index in [0.29, 0.717) is 11.9 Å². The van der Waals surface area contributed by atoms with Crippen molar-refractivity contribution in [2.24, 2.45) is 0 Å². The average molecular weight is 347 g/mol. The Morgan fingerprint density at radius 2 is 1.88 bits per heavy atom. The van der Waals surface area contributed by atoms with E-state index in [4.69, 9.17) is 4.74 Å². The molecule has 2 N–H and O–H groups in total. The van der Waals surface area contributed by atoms with Crippen molar-refractivity contribution in [2.45, 2.75) is 12.8 Å². The summed E-state index contributed by atoms with van der Waals surface area (Å²) in [7, 11) is 0. The lowest BCUT2D eigenvalue weighted by Crippen LogP contribution is -2.09. The Hall–Kier alpha value is -3.59. The summed E-state index contributed by atoms with van der Waals surface area (Å²) in [5.41, 5.74) is 2.42. The number of aryl methyl sites for hydroxylation is 1. The molecule has 0 amide bonds. The van der Waals surface area contributed by atoms with Gasteiger partial charge in [0.2, 0.25) is 0 Å². The van der Waals surface area contributed by atoms with Crippen LogP contribution in [-0.4, -0.2) is 27.7 Å². The number of aromatic amines is 1. The van der Waals surface area contributed by atoms with Crippen LogP contribution >= 0.6 is 0 Å². The summed E-state index contributed by atoms with van der Waals surface area (Å²) in [6.45, 7) is -0.367. The van der Waals surface area contributed by atoms with E-state index in [1.54, 1.807) is 6.07 Å². The number of aliphatic hydroxyl groups excluding tert-OH is 1. The molecule has 0 fully saturated rings. The van der Waals surface area contributed by atoms with Crippen LogP contribution in [0.2, 0.25) is 0 Å². The maximum atomic E-state index is 11.8. The van der Waals surface area contributed by atoms with E-state index in [-0.39, 0.29) is 30.2 Å². The highest BCUT2D eigenvalue weighted by Gasteiger charge is 2.14. The predicted octanol–water partition coefficient (Wildman–Crippen LogP) is 3.53. The van der Waals surface area contributed by atoms with Crippen molar-refractivity contribution in [1.29, 1.82) is 5.26 Å². The van der Waals surface area contributed by atoms with Crippen molar-refractivity contribution < 1.29 is 14.6 Å². The molecule has 3 aromatic rings. The molecule has 1 heterocycles. The van der Waals surface area contributed by atoms with Crippen molar-refractivity contribution in [1.82, 2.24) is 9.97 Å². The lowest BCUT2D eigenvalue weighted by Gasteiger charge is -2.05. The standard InChI is InChI=1S/C20H17N3O3/c21-12-15(20-22-16-8-4-5-9-17(16)23-20)18(24)13-26-19(25)11-10-14-6-2-1-3-7-14/h1-9,24H,10-11,13H2,(H,22,23). The predicted molar refractivity (Wildman–Crippen MR) is 97.0 cm³/mol. The minimum Gasteiger partial charge on any atom is -0.507 e. The Morgan fingerprint density at radius 3 is 2.62 bits per heavy atom. The molecule has 26 heavy (non-hydrogen) atoms. The number of carbonyl (C=O) groups is 1. The van der Waals surface area contributed by atoms with Gasteiger partial charge in [0.15, 0.2) is 11.6 Å². The SMILES string of the molecule is N#CC(=C(O)COC(=O)CCc1ccccc1)c1nc2ccccc2[nH]1. The molecule has 0 atom stereocenters. The summed E-state index contributed by atoms with van der Waals surface area (Å²) in [5, 5.41) is 19.5. The zero-order valence-electron chi connectivity index (χ0n) is 14.0. The Balaban J connectivity index is 1.63. The molecule has 6 heteroatoms. The van der Waals surface area contributed by atoms with E-state index in [1.165, 1.54) is 0 Å². The number of nitrogens with zero attached hydrogens (tertiary/aromatic N) is 2. The van der Waals surface area contributed by atoms with Gasteiger partial charge in [0, 0.05) is 6.42 Å². The number of para-hydroxylation sites is 2. The van der Waals surface area contributed by atoms with Crippen LogP contribution < -0.4 is 0 Å². The van der Waals surface area contributed by atoms with Gasteiger partial charge in [-0.3, -0.25) is 4.79 Å². The van der Waals surface area contributed by atoms with Crippen molar-refractivity contribution in [3.63, 3.8) is 0 Å². The maximum absolute atomic E-state index is 11.8. The quantitative estimate of drug-likeness (QED) is 0.404. The highest BCUT2D eigenvalue weighted by atomic mass is 16.5. The number of esters is 1. The van der Waals surface area contributed by atoms with Gasteiger partial charge in [-0.2, -0.15) is 5.26 Å². The molecule has 0 saturated heterocycles. The minimum atomic E-state index is -0.442. The average Bonchev–Trinajstić information content (AvgIpc) is 3.09. The van der Waals surface area contributed by atoms with Crippen LogP contribution in [0.15, 0.2) is 60.4 Å². The molecule has 0 spiro atoms. The first-order chi connectivity index (χ1) is 12.7. The van der Waals surface area contributed by atoms with Crippen molar-refractivity contribution in [3.8, 4) is 6.07 Å². The molecular weight excluding hydrogens is 330 g/mol. The maximum Gasteiger partial charge on any atom is 0.306 e. The number of imidazole rings is 1. The summed E-state index contributed by atoms with van der Waals surface area (Å²) >= 11 is 0. The van der Waals surface area contributed by atoms with Crippen LogP contribution in [0, 0.1) is 11.3 Å². The molecule has 0 bridgehead atoms. The number of allylic oxidation sites excluding steroid dienone is 1. The van der Waals surface area contributed by atoms with E-state index in [2.05, 4.69) is 9.97 Å². The Bertz CT molecular complexity index is 951. The molecular formula is C20H17N3O3. The third kappa shape index (κ3) is 4.08. The van der Waals surface area contributed by atoms with Crippen LogP contribution in [-0.2, 0) is 16.0 Å². The second-order valence-electron chi connectivity index (χ2n) is 5.68. The summed E-state index contributed by atoms with van der Waals surface area (Å²) in [6.07, 6.45) is 0.753. The van der Waals surface area contributed by atoms with Crippen molar-refractivity contribution in [2.75, 3.05) is 6.61 Å². The fraction of sp³-hybridized carbons (Fsp3) is 0.150. The first kappa shape index (κ1) is 17.2. The summed E-state index contributed by atoms with van der Waals surface area (Å²) in [6, 6.07) is 18.8. The monoisotopic (exact) mass is 347 g/mol. The lowest BCUT2D eigenvalue weighted by molar-refractivity contribution is -0.143. The zero-order chi connectivity index (χ0) is 18.4. The molecule has 0 aliphatic carbocycles. The molecule has 0 unspecified atom stereocenters. The van der Waals surface area contributed by atoms with Gasteiger partial charge in [-0.25, -0.2) is 4.98 Å². The Kier molecular flexibility index (Phi) is 5.30. The van der Waals surface area contributed by atoms with Gasteiger partial charge in [0.05, 0.1) is 11.0 Å². The first-order valence-electron chi connectivity index (χ1n) is 8.14. The third-order valence-corrected chi connectivity index (χ3v) is 3.86. The van der Waals surface area contributed by atoms with E-state index in [0.717, 1.165) is 11.1 Å². The number of carbonyl (C=O) groups excluding carboxylic acids is 1. The zero-order valence-corrected chi connectivity index (χ0v) is 14.0. The van der Waals surface area contributed by atoms with E-state index < -0.39 is 5.97 Å². The van der Waals surface area contributed by atoms with E-state index >= 15 is 0 Å². The highest BCUT2D eigenvalue weighted by molar-refractivity contribution is 5.83. The molecule has 3 rings (SSSR count). The van der Waals surface area contributed by atoms with Crippen LogP contribution in [0.1, 0.15) is 17.8 Å². The lowest BCUT2D eigenvalue weighted by atomic mass is 10.1. The van der Waals surface area contributed by atoms with E-state index in [1.807, 2.05) is 54.6 Å². The van der Waals surface area contributed by atoms with Crippen LogP contribution in [0.3, 0.4) is 0 Å². The number of rotatable bonds is 6. The summed E-state index contributed by atoms with van der Waals surface area (Å²) < 4.78 is 5.06. The van der Waals surface area contributed by atoms with Crippen LogP contribution in [0.4, 0.5) is 0 Å². The van der Waals surface area contributed by atoms with Gasteiger partial charge in [0.1, 0.15) is 18.2 Å². The van der Waals surface area contributed by atoms with Gasteiger partial charge in [-0.1, -0.05) is 42.5 Å². The summed E-state index contributed by atoms with van der Waals surface area (Å²) in [4.78, 5) is 19.1. The number of fused-ring (bicyclic) bond motifs is 1. The van der Waals surface area contributed by atoms with Gasteiger partial charge >= 0.3 is 5.97 Å². The minimum absolute atomic E-state index is 0.0444. The fourth-order valence-corrected chi connectivity index (χ4v) is 2.51. The number of aromatic nitrogens is 2. The number of aliphatic hydroxyl groups is 1. The largest absolute Gasteiger partial charge is 0.507 e. The number of H-pyrrole nitrogens is 1. The third-order valence-electron chi connectivity index (χ3n) is 3.86. The van der Waals surface area contributed by atoms with E-state index in [9.17, 15) is 15.2 Å². The van der Waals surface area contributed by atoms with Gasteiger partial charge < -0.3 is 14.8 Å². The first-order valence-corrected chi connectivity index (χ1v) is 8.14. The molecule has 0 saturated carbocycles. The van der Waals surface area contributed by atoms with Crippen LogP contribution in [0.25, 0.3) is 16.6 Å². The molecule has 0 radical (unpaired) electrons. The van der Waals surface area contributed by atoms with Crippen molar-refractivity contribution >= 4 is 22.6 Å². The molecule has 0 aliphatic rings. The van der Waals surface area contributed by atoms with Crippen molar-refractivity contribution in [3.05, 3.63) is 71.7 Å². The van der Waals surface area contributed by atoms with Gasteiger partial charge in [0.25, 0.3) is 0 Å². The molecule has 1 aromatic heterocycles. The molecule has 2 aromatic carbocycles. The summed E-state index contributed by atoms with van der Waals surface area (Å²) in [5.74, 6) is -0.534. The smallest absolute Gasteiger partial charge is 0.306 e. The second-order valence-corrected chi connectivity index (χ2v) is 5.68. The second kappa shape index (κ2) is 7.99. The number of hydrogen-bond acceptors (Lipinski definition) is 5. The fourth-order valence-electron chi connectivity index (χ4n) is 2.51. The normalized spacial score (nSPS) is 11.7. The topological polar surface area (TPSA) is 99.0 Å². The van der Waals surface area contributed by atoms with Gasteiger partial charge in [-0.15, -0.1) is 0 Å². The van der Waals surface area contributed by atoms with Crippen LogP contribution in [0.5, 0.6) is 0 Å². The van der Waals surface area contributed by atoms with Gasteiger partial charge in [-0.05, 0) is 24.1 Å². The molecule has 0 aliphatic heterocycles. The highest BCUT2D eigenvalue weighted by Crippen LogP contribution is 2.18. The number of ether oxygens (including phenoxy) is 1. The number of hydrogen-bond donors (Lipinski definition) is 2. The number of nitrogens with one attached hydrogen (secondary N) is 1. The number of nitriles is 1.